The van der Waals surface area contributed by atoms with Gasteiger partial charge in [0, 0.05) is 17.7 Å². The van der Waals surface area contributed by atoms with Crippen LogP contribution in [0, 0.1) is 0 Å². The molecule has 2 aromatic heterocycles. The maximum atomic E-state index is 12.8. The topological polar surface area (TPSA) is 91.3 Å². The number of benzene rings is 1. The lowest BCUT2D eigenvalue weighted by molar-refractivity contribution is 0.102. The average Bonchev–Trinajstić information content (AvgIpc) is 3.12. The van der Waals surface area contributed by atoms with Gasteiger partial charge in [0.1, 0.15) is 11.2 Å². The van der Waals surface area contributed by atoms with Crippen LogP contribution in [0.4, 0.5) is 5.69 Å². The zero-order valence-corrected chi connectivity index (χ0v) is 15.3. The first-order valence-corrected chi connectivity index (χ1v) is 9.37. The lowest BCUT2D eigenvalue weighted by atomic mass is 9.94. The largest absolute Gasteiger partial charge is 0.322 e. The third-order valence-corrected chi connectivity index (χ3v) is 5.13. The number of amides is 1. The van der Waals surface area contributed by atoms with Crippen molar-refractivity contribution < 1.29 is 4.79 Å². The molecule has 0 atom stereocenters. The molecule has 4 rings (SSSR count). The lowest BCUT2D eigenvalue weighted by Crippen LogP contribution is -2.28. The van der Waals surface area contributed by atoms with Gasteiger partial charge in [-0.05, 0) is 50.0 Å². The molecular formula is C20H23N5O2. The van der Waals surface area contributed by atoms with Crippen molar-refractivity contribution in [3.8, 4) is 0 Å². The van der Waals surface area contributed by atoms with Gasteiger partial charge >= 0.3 is 0 Å². The Balaban J connectivity index is 1.69. The van der Waals surface area contributed by atoms with Gasteiger partial charge in [0.2, 0.25) is 0 Å². The molecule has 1 amide bonds. The molecule has 3 aromatic rings. The second kappa shape index (κ2) is 7.36. The first-order valence-electron chi connectivity index (χ1n) is 9.37. The molecule has 1 aliphatic heterocycles. The molecule has 3 N–H and O–H groups in total. The Hall–Kier alpha value is -2.93. The van der Waals surface area contributed by atoms with Crippen LogP contribution in [0.2, 0.25) is 0 Å². The van der Waals surface area contributed by atoms with E-state index in [2.05, 4.69) is 27.6 Å². The number of hydrogen-bond donors (Lipinski definition) is 3. The van der Waals surface area contributed by atoms with Gasteiger partial charge in [-0.3, -0.25) is 9.59 Å². The smallest absolute Gasteiger partial charge is 0.261 e. The van der Waals surface area contributed by atoms with E-state index in [4.69, 9.17) is 0 Å². The Morgan fingerprint density at radius 2 is 2.11 bits per heavy atom. The highest BCUT2D eigenvalue weighted by Gasteiger charge is 2.22. The molecule has 7 heteroatoms. The van der Waals surface area contributed by atoms with E-state index in [-0.39, 0.29) is 17.4 Å². The minimum absolute atomic E-state index is 0.210. The lowest BCUT2D eigenvalue weighted by Gasteiger charge is -2.23. The Morgan fingerprint density at radius 3 is 2.89 bits per heavy atom. The van der Waals surface area contributed by atoms with Crippen LogP contribution in [0.15, 0.2) is 41.3 Å². The number of piperidine rings is 1. The summed E-state index contributed by atoms with van der Waals surface area (Å²) in [5, 5.41) is 10.6. The van der Waals surface area contributed by atoms with Gasteiger partial charge < -0.3 is 15.6 Å². The Kier molecular flexibility index (Phi) is 4.77. The van der Waals surface area contributed by atoms with Gasteiger partial charge in [-0.25, -0.2) is 4.52 Å². The molecule has 0 radical (unpaired) electrons. The highest BCUT2D eigenvalue weighted by molar-refractivity contribution is 6.08. The molecule has 7 nitrogen and oxygen atoms in total. The Morgan fingerprint density at radius 1 is 1.30 bits per heavy atom. The zero-order chi connectivity index (χ0) is 18.8. The molecule has 1 saturated heterocycles. The number of H-pyrrole nitrogens is 1. The van der Waals surface area contributed by atoms with Crippen molar-refractivity contribution >= 4 is 17.2 Å². The predicted octanol–water partition coefficient (Wildman–Crippen LogP) is 2.30. The number of aryl methyl sites for hydroxylation is 1. The average molecular weight is 365 g/mol. The zero-order valence-electron chi connectivity index (χ0n) is 15.3. The summed E-state index contributed by atoms with van der Waals surface area (Å²) in [6.07, 6.45) is 4.32. The summed E-state index contributed by atoms with van der Waals surface area (Å²) in [6.45, 7) is 3.90. The molecule has 0 spiro atoms. The van der Waals surface area contributed by atoms with Crippen LogP contribution >= 0.6 is 0 Å². The van der Waals surface area contributed by atoms with Gasteiger partial charge in [-0.15, -0.1) is 0 Å². The Labute approximate surface area is 156 Å². The van der Waals surface area contributed by atoms with Crippen LogP contribution in [0.5, 0.6) is 0 Å². The number of carbonyl (C=O) groups is 1. The number of nitrogens with one attached hydrogen (secondary N) is 3. The number of hydrogen-bond acceptors (Lipinski definition) is 4. The fraction of sp³-hybridized carbons (Fsp3) is 0.350. The van der Waals surface area contributed by atoms with Crippen molar-refractivity contribution in [2.24, 2.45) is 0 Å². The molecule has 0 saturated carbocycles. The van der Waals surface area contributed by atoms with Crippen LogP contribution in [-0.4, -0.2) is 33.6 Å². The van der Waals surface area contributed by atoms with Crippen LogP contribution in [-0.2, 0) is 6.42 Å². The maximum Gasteiger partial charge on any atom is 0.261 e. The number of aromatic nitrogens is 3. The van der Waals surface area contributed by atoms with Crippen molar-refractivity contribution in [1.29, 1.82) is 0 Å². The summed E-state index contributed by atoms with van der Waals surface area (Å²) in [5.74, 6) is -0.0236. The molecule has 0 aliphatic carbocycles. The van der Waals surface area contributed by atoms with Crippen LogP contribution < -0.4 is 16.2 Å². The van der Waals surface area contributed by atoms with Crippen LogP contribution in [0.1, 0.15) is 47.3 Å². The SMILES string of the molecule is CCc1cccc(NC(=O)c2cnn3c(C4CCNCC4)cc(=O)[nH]c23)c1. The number of anilines is 1. The highest BCUT2D eigenvalue weighted by Crippen LogP contribution is 2.25. The van der Waals surface area contributed by atoms with E-state index in [1.165, 1.54) is 6.20 Å². The minimum atomic E-state index is -0.281. The standard InChI is InChI=1S/C20H23N5O2/c1-2-13-4-3-5-15(10-13)23-20(27)16-12-22-25-17(11-18(26)24-19(16)25)14-6-8-21-9-7-14/h3-5,10-12,14,21H,2,6-9H2,1H3,(H,23,27)(H,24,26). The van der Waals surface area contributed by atoms with Crippen LogP contribution in [0.25, 0.3) is 5.65 Å². The molecule has 1 aromatic carbocycles. The van der Waals surface area contributed by atoms with E-state index >= 15 is 0 Å². The third-order valence-electron chi connectivity index (χ3n) is 5.13. The van der Waals surface area contributed by atoms with Gasteiger partial charge in [0.05, 0.1) is 11.9 Å². The number of nitrogens with zero attached hydrogens (tertiary/aromatic N) is 2. The first-order chi connectivity index (χ1) is 13.2. The molecule has 140 valence electrons. The van der Waals surface area contributed by atoms with Crippen molar-refractivity contribution in [2.75, 3.05) is 18.4 Å². The van der Waals surface area contributed by atoms with E-state index in [0.29, 0.717) is 11.2 Å². The summed E-state index contributed by atoms with van der Waals surface area (Å²) < 4.78 is 1.70. The van der Waals surface area contributed by atoms with Crippen molar-refractivity contribution in [3.05, 3.63) is 63.7 Å². The summed E-state index contributed by atoms with van der Waals surface area (Å²) in [7, 11) is 0. The second-order valence-corrected chi connectivity index (χ2v) is 6.91. The fourth-order valence-electron chi connectivity index (χ4n) is 3.65. The fourth-order valence-corrected chi connectivity index (χ4v) is 3.65. The number of aromatic amines is 1. The van der Waals surface area contributed by atoms with Crippen molar-refractivity contribution in [3.63, 3.8) is 0 Å². The predicted molar refractivity (Wildman–Crippen MR) is 104 cm³/mol. The van der Waals surface area contributed by atoms with E-state index in [9.17, 15) is 9.59 Å². The van der Waals surface area contributed by atoms with Gasteiger partial charge in [0.15, 0.2) is 0 Å². The number of rotatable bonds is 4. The second-order valence-electron chi connectivity index (χ2n) is 6.91. The van der Waals surface area contributed by atoms with E-state index in [1.54, 1.807) is 10.6 Å². The van der Waals surface area contributed by atoms with Crippen molar-refractivity contribution in [1.82, 2.24) is 19.9 Å². The van der Waals surface area contributed by atoms with Gasteiger partial charge in [-0.1, -0.05) is 19.1 Å². The molecule has 1 aliphatic rings. The molecule has 0 bridgehead atoms. The third kappa shape index (κ3) is 3.50. The molecule has 1 fully saturated rings. The van der Waals surface area contributed by atoms with Gasteiger partial charge in [0.25, 0.3) is 11.5 Å². The van der Waals surface area contributed by atoms with E-state index in [0.717, 1.165) is 49.3 Å². The molecule has 3 heterocycles. The molecule has 0 unspecified atom stereocenters. The monoisotopic (exact) mass is 365 g/mol. The van der Waals surface area contributed by atoms with Crippen LogP contribution in [0.3, 0.4) is 0 Å². The summed E-state index contributed by atoms with van der Waals surface area (Å²) >= 11 is 0. The molecule has 27 heavy (non-hydrogen) atoms. The van der Waals surface area contributed by atoms with E-state index < -0.39 is 0 Å². The summed E-state index contributed by atoms with van der Waals surface area (Å²) in [4.78, 5) is 27.8. The number of carbonyl (C=O) groups excluding carboxylic acids is 1. The summed E-state index contributed by atoms with van der Waals surface area (Å²) in [5.41, 5.74) is 3.34. The molecular weight excluding hydrogens is 342 g/mol. The summed E-state index contributed by atoms with van der Waals surface area (Å²) in [6, 6.07) is 9.34. The minimum Gasteiger partial charge on any atom is -0.322 e. The maximum absolute atomic E-state index is 12.8. The normalized spacial score (nSPS) is 15.1. The Bertz CT molecular complexity index is 1030. The van der Waals surface area contributed by atoms with Crippen molar-refractivity contribution in [2.45, 2.75) is 32.1 Å². The first kappa shape index (κ1) is 17.5. The highest BCUT2D eigenvalue weighted by atomic mass is 16.2. The quantitative estimate of drug-likeness (QED) is 0.662. The van der Waals surface area contributed by atoms with E-state index in [1.807, 2.05) is 24.3 Å². The van der Waals surface area contributed by atoms with Gasteiger partial charge in [-0.2, -0.15) is 5.10 Å². The number of fused-ring (bicyclic) bond motifs is 1.